The van der Waals surface area contributed by atoms with Gasteiger partial charge in [-0.2, -0.15) is 10.1 Å². The highest BCUT2D eigenvalue weighted by atomic mass is 35.6. The maximum atomic E-state index is 13.2. The third kappa shape index (κ3) is 4.26. The van der Waals surface area contributed by atoms with Crippen LogP contribution in [0.1, 0.15) is 12.5 Å². The van der Waals surface area contributed by atoms with E-state index in [4.69, 9.17) is 34.8 Å². The van der Waals surface area contributed by atoms with Gasteiger partial charge in [-0.3, -0.25) is 9.59 Å². The Hall–Kier alpha value is -2.08. The fourth-order valence-electron chi connectivity index (χ4n) is 2.94. The number of nitrogens with one attached hydrogen (secondary N) is 1. The first-order valence-corrected chi connectivity index (χ1v) is 9.29. The van der Waals surface area contributed by atoms with Crippen LogP contribution in [0.2, 0.25) is 0 Å². The van der Waals surface area contributed by atoms with Crippen LogP contribution in [-0.4, -0.2) is 27.4 Å². The Morgan fingerprint density at radius 1 is 1.07 bits per heavy atom. The molecule has 2 aromatic carbocycles. The molecule has 1 aliphatic heterocycles. The second kappa shape index (κ2) is 7.89. The number of alkyl halides is 3. The molecule has 0 saturated carbocycles. The van der Waals surface area contributed by atoms with Gasteiger partial charge in [0.2, 0.25) is 9.70 Å². The Labute approximate surface area is 171 Å². The molecule has 2 amide bonds. The van der Waals surface area contributed by atoms with Crippen LogP contribution >= 0.6 is 34.8 Å². The largest absolute Gasteiger partial charge is 0.348 e. The zero-order valence-electron chi connectivity index (χ0n) is 14.3. The molecular formula is C19H16Cl3N3O2. The molecule has 0 bridgehead atoms. The maximum absolute atomic E-state index is 13.2. The van der Waals surface area contributed by atoms with Gasteiger partial charge in [-0.25, -0.2) is 0 Å². The molecule has 5 nitrogen and oxygen atoms in total. The van der Waals surface area contributed by atoms with E-state index in [1.807, 2.05) is 36.4 Å². The molecule has 1 aliphatic rings. The van der Waals surface area contributed by atoms with Crippen LogP contribution in [0.25, 0.3) is 0 Å². The summed E-state index contributed by atoms with van der Waals surface area (Å²) >= 11 is 18.4. The van der Waals surface area contributed by atoms with E-state index in [1.165, 1.54) is 11.9 Å². The number of benzene rings is 2. The number of hydrazone groups is 1. The number of hydrogen-bond donors (Lipinski definition) is 1. The van der Waals surface area contributed by atoms with Gasteiger partial charge in [0.1, 0.15) is 5.92 Å². The van der Waals surface area contributed by atoms with E-state index in [0.717, 1.165) is 0 Å². The summed E-state index contributed by atoms with van der Waals surface area (Å²) in [5.74, 6) is -1.75. The van der Waals surface area contributed by atoms with Crippen LogP contribution in [0, 0.1) is 5.92 Å². The fourth-order valence-corrected chi connectivity index (χ4v) is 3.48. The molecule has 1 heterocycles. The lowest BCUT2D eigenvalue weighted by Gasteiger charge is -2.30. The Morgan fingerprint density at radius 3 is 2.15 bits per heavy atom. The Kier molecular flexibility index (Phi) is 5.75. The first-order chi connectivity index (χ1) is 12.8. The number of carbonyl (C=O) groups excluding carboxylic acids is 2. The molecule has 8 heteroatoms. The predicted molar refractivity (Wildman–Crippen MR) is 108 cm³/mol. The zero-order valence-corrected chi connectivity index (χ0v) is 16.5. The number of hydrogen-bond acceptors (Lipinski definition) is 3. The molecule has 2 atom stereocenters. The summed E-state index contributed by atoms with van der Waals surface area (Å²) in [4.78, 5) is 25.0. The van der Waals surface area contributed by atoms with Crippen molar-refractivity contribution in [3.8, 4) is 0 Å². The van der Waals surface area contributed by atoms with Crippen molar-refractivity contribution in [1.29, 1.82) is 0 Å². The van der Waals surface area contributed by atoms with Crippen LogP contribution < -0.4 is 10.3 Å². The number of para-hydroxylation sites is 1. The number of amides is 2. The molecule has 0 unspecified atom stereocenters. The van der Waals surface area contributed by atoms with E-state index >= 15 is 0 Å². The normalized spacial score (nSPS) is 18.2. The van der Waals surface area contributed by atoms with Crippen molar-refractivity contribution in [1.82, 2.24) is 5.32 Å². The molecule has 0 aromatic heterocycles. The lowest BCUT2D eigenvalue weighted by Crippen LogP contribution is -2.53. The third-order valence-corrected chi connectivity index (χ3v) is 4.80. The number of carbonyl (C=O) groups is 2. The third-order valence-electron chi connectivity index (χ3n) is 4.09. The van der Waals surface area contributed by atoms with Crippen LogP contribution in [0.5, 0.6) is 0 Å². The van der Waals surface area contributed by atoms with E-state index < -0.39 is 21.7 Å². The number of anilines is 1. The zero-order chi connectivity index (χ0) is 19.6. The standard InChI is InChI=1S/C19H16Cl3N3O2/c1-12(26)23-17(19(20,21)22)15-16(13-8-4-2-5-9-13)24-25(18(15)27)14-10-6-3-7-11-14/h2-11,15,17H,1H3,(H,23,26)/t15-,17-/m0/s1. The maximum Gasteiger partial charge on any atom is 0.258 e. The predicted octanol–water partition coefficient (Wildman–Crippen LogP) is 3.93. The molecule has 0 radical (unpaired) electrons. The quantitative estimate of drug-likeness (QED) is 0.756. The van der Waals surface area contributed by atoms with Gasteiger partial charge in [-0.1, -0.05) is 83.3 Å². The molecule has 2 aromatic rings. The summed E-state index contributed by atoms with van der Waals surface area (Å²) in [6, 6.07) is 17.0. The highest BCUT2D eigenvalue weighted by Crippen LogP contribution is 2.39. The van der Waals surface area contributed by atoms with Gasteiger partial charge in [0, 0.05) is 6.92 Å². The van der Waals surface area contributed by atoms with Crippen molar-refractivity contribution >= 4 is 58.0 Å². The van der Waals surface area contributed by atoms with Crippen molar-refractivity contribution in [3.05, 3.63) is 66.2 Å². The average Bonchev–Trinajstić information content (AvgIpc) is 2.97. The Balaban J connectivity index is 2.11. The van der Waals surface area contributed by atoms with Crippen molar-refractivity contribution in [3.63, 3.8) is 0 Å². The van der Waals surface area contributed by atoms with Crippen LogP contribution in [-0.2, 0) is 9.59 Å². The van der Waals surface area contributed by atoms with E-state index in [9.17, 15) is 9.59 Å². The van der Waals surface area contributed by atoms with Gasteiger partial charge in [-0.05, 0) is 17.7 Å². The van der Waals surface area contributed by atoms with Gasteiger partial charge in [0.15, 0.2) is 0 Å². The molecule has 0 aliphatic carbocycles. The highest BCUT2D eigenvalue weighted by molar-refractivity contribution is 6.68. The monoisotopic (exact) mass is 423 g/mol. The molecular weight excluding hydrogens is 409 g/mol. The summed E-state index contributed by atoms with van der Waals surface area (Å²) < 4.78 is -1.91. The summed E-state index contributed by atoms with van der Waals surface area (Å²) in [6.07, 6.45) is 0. The minimum Gasteiger partial charge on any atom is -0.348 e. The van der Waals surface area contributed by atoms with E-state index in [0.29, 0.717) is 17.0 Å². The van der Waals surface area contributed by atoms with Crippen LogP contribution in [0.3, 0.4) is 0 Å². The molecule has 0 saturated heterocycles. The lowest BCUT2D eigenvalue weighted by atomic mass is 9.90. The summed E-state index contributed by atoms with van der Waals surface area (Å²) in [5.41, 5.74) is 1.72. The average molecular weight is 425 g/mol. The van der Waals surface area contributed by atoms with Gasteiger partial charge >= 0.3 is 0 Å². The number of rotatable bonds is 4. The summed E-state index contributed by atoms with van der Waals surface area (Å²) in [7, 11) is 0. The van der Waals surface area contributed by atoms with Gasteiger partial charge in [0.05, 0.1) is 17.4 Å². The molecule has 27 heavy (non-hydrogen) atoms. The lowest BCUT2D eigenvalue weighted by molar-refractivity contribution is -0.122. The van der Waals surface area contributed by atoms with Crippen LogP contribution in [0.4, 0.5) is 5.69 Å². The molecule has 1 N–H and O–H groups in total. The van der Waals surface area contributed by atoms with Crippen molar-refractivity contribution in [2.45, 2.75) is 16.8 Å². The topological polar surface area (TPSA) is 61.8 Å². The van der Waals surface area contributed by atoms with Crippen molar-refractivity contribution in [2.75, 3.05) is 5.01 Å². The highest BCUT2D eigenvalue weighted by Gasteiger charge is 2.50. The van der Waals surface area contributed by atoms with E-state index in [1.54, 1.807) is 24.3 Å². The molecule has 3 rings (SSSR count). The minimum atomic E-state index is -1.91. The van der Waals surface area contributed by atoms with Gasteiger partial charge in [0.25, 0.3) is 5.91 Å². The molecule has 0 fully saturated rings. The SMILES string of the molecule is CC(=O)N[C@@H]([C@H]1C(=O)N(c2ccccc2)N=C1c1ccccc1)C(Cl)(Cl)Cl. The van der Waals surface area contributed by atoms with Crippen LogP contribution in [0.15, 0.2) is 65.8 Å². The first kappa shape index (κ1) is 19.7. The van der Waals surface area contributed by atoms with E-state index in [-0.39, 0.29) is 5.91 Å². The Bertz CT molecular complexity index is 867. The first-order valence-electron chi connectivity index (χ1n) is 8.16. The molecule has 0 spiro atoms. The second-order valence-corrected chi connectivity index (χ2v) is 8.40. The van der Waals surface area contributed by atoms with Gasteiger partial charge < -0.3 is 5.32 Å². The number of halogens is 3. The Morgan fingerprint density at radius 2 is 1.63 bits per heavy atom. The number of nitrogens with zero attached hydrogens (tertiary/aromatic N) is 2. The van der Waals surface area contributed by atoms with Gasteiger partial charge in [-0.15, -0.1) is 0 Å². The van der Waals surface area contributed by atoms with Crippen molar-refractivity contribution < 1.29 is 9.59 Å². The minimum absolute atomic E-state index is 0.384. The smallest absolute Gasteiger partial charge is 0.258 e. The fraction of sp³-hybridized carbons (Fsp3) is 0.211. The molecule has 140 valence electrons. The summed E-state index contributed by atoms with van der Waals surface area (Å²) in [6.45, 7) is 1.30. The summed E-state index contributed by atoms with van der Waals surface area (Å²) in [5, 5.41) is 8.38. The van der Waals surface area contributed by atoms with Crippen molar-refractivity contribution in [2.24, 2.45) is 11.0 Å². The second-order valence-electron chi connectivity index (χ2n) is 6.03. The van der Waals surface area contributed by atoms with E-state index in [2.05, 4.69) is 10.4 Å².